The zero-order valence-corrected chi connectivity index (χ0v) is 12.1. The zero-order valence-electron chi connectivity index (χ0n) is 12.1. The van der Waals surface area contributed by atoms with Gasteiger partial charge in [0.2, 0.25) is 0 Å². The molecule has 110 valence electrons. The second-order valence-corrected chi connectivity index (χ2v) is 5.64. The number of rotatable bonds is 3. The Hall–Kier alpha value is -2.07. The van der Waals surface area contributed by atoms with Crippen LogP contribution in [-0.2, 0) is 0 Å². The van der Waals surface area contributed by atoms with Gasteiger partial charge in [0.25, 0.3) is 0 Å². The Bertz CT molecular complexity index is 589. The van der Waals surface area contributed by atoms with Crippen LogP contribution in [0.3, 0.4) is 0 Å². The molecule has 1 aliphatic heterocycles. The van der Waals surface area contributed by atoms with Crippen LogP contribution < -0.4 is 10.6 Å². The Morgan fingerprint density at radius 3 is 2.57 bits per heavy atom. The molecule has 1 fully saturated rings. The van der Waals surface area contributed by atoms with Crippen LogP contribution in [0.25, 0.3) is 11.1 Å². The fourth-order valence-corrected chi connectivity index (χ4v) is 2.81. The van der Waals surface area contributed by atoms with E-state index in [1.54, 1.807) is 0 Å². The molecule has 0 saturated carbocycles. The molecule has 2 heterocycles. The largest absolute Gasteiger partial charge is 0.399 e. The Labute approximate surface area is 125 Å². The van der Waals surface area contributed by atoms with Crippen molar-refractivity contribution in [2.75, 3.05) is 30.3 Å². The number of hydrogen-bond donors (Lipinski definition) is 2. The molecule has 0 atom stereocenters. The van der Waals surface area contributed by atoms with Gasteiger partial charge < -0.3 is 15.7 Å². The lowest BCUT2D eigenvalue weighted by molar-refractivity contribution is 0.203. The molecule has 3 N–H and O–H groups in total. The molecule has 0 spiro atoms. The minimum Gasteiger partial charge on any atom is -0.399 e. The number of hydrogen-bond acceptors (Lipinski definition) is 4. The highest BCUT2D eigenvalue weighted by molar-refractivity contribution is 5.67. The van der Waals surface area contributed by atoms with E-state index in [1.165, 1.54) is 0 Å². The third kappa shape index (κ3) is 3.16. The van der Waals surface area contributed by atoms with Crippen molar-refractivity contribution in [1.29, 1.82) is 0 Å². The fourth-order valence-electron chi connectivity index (χ4n) is 2.81. The molecule has 2 aromatic rings. The van der Waals surface area contributed by atoms with Crippen LogP contribution in [0, 0.1) is 5.92 Å². The summed E-state index contributed by atoms with van der Waals surface area (Å²) in [7, 11) is 0. The first kappa shape index (κ1) is 13.9. The summed E-state index contributed by atoms with van der Waals surface area (Å²) in [6, 6.07) is 12.0. The van der Waals surface area contributed by atoms with Crippen LogP contribution in [-0.4, -0.2) is 29.8 Å². The maximum absolute atomic E-state index is 9.19. The van der Waals surface area contributed by atoms with Gasteiger partial charge in [-0.2, -0.15) is 0 Å². The van der Waals surface area contributed by atoms with Gasteiger partial charge in [-0.3, -0.25) is 0 Å². The maximum atomic E-state index is 9.19. The summed E-state index contributed by atoms with van der Waals surface area (Å²) in [5, 5.41) is 9.19. The average molecular weight is 283 g/mol. The van der Waals surface area contributed by atoms with Gasteiger partial charge in [-0.05, 0) is 48.6 Å². The molecule has 1 aromatic heterocycles. The molecule has 1 aromatic carbocycles. The molecular weight excluding hydrogens is 262 g/mol. The third-order valence-electron chi connectivity index (χ3n) is 4.16. The van der Waals surface area contributed by atoms with E-state index in [9.17, 15) is 5.11 Å². The van der Waals surface area contributed by atoms with Gasteiger partial charge in [-0.1, -0.05) is 12.1 Å². The lowest BCUT2D eigenvalue weighted by atomic mass is 9.98. The zero-order chi connectivity index (χ0) is 14.7. The molecule has 0 unspecified atom stereocenters. The fraction of sp³-hybridized carbons (Fsp3) is 0.353. The number of piperidine rings is 1. The molecule has 1 aliphatic rings. The lowest BCUT2D eigenvalue weighted by Gasteiger charge is -2.32. The third-order valence-corrected chi connectivity index (χ3v) is 4.16. The number of aliphatic hydroxyl groups excluding tert-OH is 1. The highest BCUT2D eigenvalue weighted by Crippen LogP contribution is 2.25. The van der Waals surface area contributed by atoms with Gasteiger partial charge in [0.1, 0.15) is 5.82 Å². The number of pyridine rings is 1. The molecule has 4 heteroatoms. The quantitative estimate of drug-likeness (QED) is 0.850. The van der Waals surface area contributed by atoms with Crippen molar-refractivity contribution in [3.63, 3.8) is 0 Å². The summed E-state index contributed by atoms with van der Waals surface area (Å²) < 4.78 is 0. The normalized spacial score (nSPS) is 16.1. The van der Waals surface area contributed by atoms with E-state index in [0.29, 0.717) is 12.5 Å². The number of nitrogen functional groups attached to an aromatic ring is 1. The number of anilines is 2. The van der Waals surface area contributed by atoms with E-state index in [-0.39, 0.29) is 0 Å². The first-order chi connectivity index (χ1) is 10.3. The summed E-state index contributed by atoms with van der Waals surface area (Å²) in [6.45, 7) is 2.24. The van der Waals surface area contributed by atoms with Crippen LogP contribution in [0.15, 0.2) is 42.6 Å². The van der Waals surface area contributed by atoms with Crippen molar-refractivity contribution in [3.8, 4) is 11.1 Å². The van der Waals surface area contributed by atoms with Crippen molar-refractivity contribution in [3.05, 3.63) is 42.6 Å². The smallest absolute Gasteiger partial charge is 0.128 e. The van der Waals surface area contributed by atoms with Crippen LogP contribution >= 0.6 is 0 Å². The molecule has 4 nitrogen and oxygen atoms in total. The predicted octanol–water partition coefficient (Wildman–Crippen LogP) is 2.54. The first-order valence-corrected chi connectivity index (χ1v) is 7.44. The lowest BCUT2D eigenvalue weighted by Crippen LogP contribution is -2.35. The van der Waals surface area contributed by atoms with Gasteiger partial charge in [0.15, 0.2) is 0 Å². The van der Waals surface area contributed by atoms with Gasteiger partial charge in [-0.25, -0.2) is 4.98 Å². The summed E-state index contributed by atoms with van der Waals surface area (Å²) in [5.41, 5.74) is 8.76. The topological polar surface area (TPSA) is 62.4 Å². The molecule has 0 aliphatic carbocycles. The average Bonchev–Trinajstić information content (AvgIpc) is 2.55. The Balaban J connectivity index is 1.73. The van der Waals surface area contributed by atoms with Gasteiger partial charge in [0.05, 0.1) is 0 Å². The predicted molar refractivity (Wildman–Crippen MR) is 86.1 cm³/mol. The second kappa shape index (κ2) is 6.14. The van der Waals surface area contributed by atoms with Crippen molar-refractivity contribution < 1.29 is 5.11 Å². The molecule has 0 amide bonds. The molecule has 21 heavy (non-hydrogen) atoms. The monoisotopic (exact) mass is 283 g/mol. The summed E-state index contributed by atoms with van der Waals surface area (Å²) in [4.78, 5) is 6.87. The molecule has 1 saturated heterocycles. The van der Waals surface area contributed by atoms with E-state index in [2.05, 4.69) is 22.0 Å². The van der Waals surface area contributed by atoms with E-state index in [4.69, 9.17) is 5.73 Å². The van der Waals surface area contributed by atoms with Crippen LogP contribution in [0.1, 0.15) is 12.8 Å². The van der Waals surface area contributed by atoms with Crippen LogP contribution in [0.5, 0.6) is 0 Å². The highest BCUT2D eigenvalue weighted by atomic mass is 16.3. The first-order valence-electron chi connectivity index (χ1n) is 7.44. The number of aliphatic hydroxyl groups is 1. The Morgan fingerprint density at radius 2 is 1.95 bits per heavy atom. The van der Waals surface area contributed by atoms with E-state index in [0.717, 1.165) is 48.6 Å². The van der Waals surface area contributed by atoms with Crippen LogP contribution in [0.2, 0.25) is 0 Å². The van der Waals surface area contributed by atoms with E-state index < -0.39 is 0 Å². The number of nitrogens with two attached hydrogens (primary N) is 1. The SMILES string of the molecule is Nc1cccc(-c2ccc(N3CCC(CO)CC3)nc2)c1. The van der Waals surface area contributed by atoms with Crippen molar-refractivity contribution >= 4 is 11.5 Å². The van der Waals surface area contributed by atoms with E-state index in [1.807, 2.05) is 30.5 Å². The molecular formula is C17H21N3O. The van der Waals surface area contributed by atoms with Gasteiger partial charge in [-0.15, -0.1) is 0 Å². The van der Waals surface area contributed by atoms with Crippen molar-refractivity contribution in [1.82, 2.24) is 4.98 Å². The molecule has 0 bridgehead atoms. The van der Waals surface area contributed by atoms with Gasteiger partial charge in [0, 0.05) is 37.1 Å². The Morgan fingerprint density at radius 1 is 1.14 bits per heavy atom. The minimum atomic E-state index is 0.301. The number of benzene rings is 1. The highest BCUT2D eigenvalue weighted by Gasteiger charge is 2.19. The minimum absolute atomic E-state index is 0.301. The number of aromatic nitrogens is 1. The van der Waals surface area contributed by atoms with Crippen molar-refractivity contribution in [2.45, 2.75) is 12.8 Å². The van der Waals surface area contributed by atoms with Crippen molar-refractivity contribution in [2.24, 2.45) is 5.92 Å². The summed E-state index contributed by atoms with van der Waals surface area (Å²) >= 11 is 0. The maximum Gasteiger partial charge on any atom is 0.128 e. The van der Waals surface area contributed by atoms with Gasteiger partial charge >= 0.3 is 0 Å². The van der Waals surface area contributed by atoms with Crippen LogP contribution in [0.4, 0.5) is 11.5 Å². The second-order valence-electron chi connectivity index (χ2n) is 5.64. The summed E-state index contributed by atoms with van der Waals surface area (Å²) in [6.07, 6.45) is 3.98. The Kier molecular flexibility index (Phi) is 4.06. The van der Waals surface area contributed by atoms with E-state index >= 15 is 0 Å². The summed E-state index contributed by atoms with van der Waals surface area (Å²) in [5.74, 6) is 1.46. The molecule has 3 rings (SSSR count). The number of nitrogens with zero attached hydrogens (tertiary/aromatic N) is 2. The standard InChI is InChI=1S/C17H21N3O/c18-16-3-1-2-14(10-16)15-4-5-17(19-11-15)20-8-6-13(12-21)7-9-20/h1-5,10-11,13,21H,6-9,12,18H2. The molecule has 0 radical (unpaired) electrons.